The number of morpholine rings is 1. The maximum absolute atomic E-state index is 12.1. The lowest BCUT2D eigenvalue weighted by atomic mass is 9.95. The minimum absolute atomic E-state index is 0.0597. The number of carbonyl (C=O) groups is 3. The molecule has 0 aliphatic carbocycles. The smallest absolute Gasteiger partial charge is 0.337 e. The molecule has 2 N–H and O–H groups in total. The van der Waals surface area contributed by atoms with Crippen LogP contribution in [0.4, 0.5) is 4.79 Å². The fourth-order valence-corrected chi connectivity index (χ4v) is 3.13. The van der Waals surface area contributed by atoms with E-state index in [0.717, 1.165) is 0 Å². The number of ether oxygens (including phenoxy) is 3. The highest BCUT2D eigenvalue weighted by molar-refractivity contribution is 5.94. The van der Waals surface area contributed by atoms with Gasteiger partial charge < -0.3 is 29.7 Å². The SMILES string of the molecule is COC(=O)C1=C(C)NC(=O)N[C@H]1c1ccc(OCC(=O)N2CCOCC2)cc1. The van der Waals surface area contributed by atoms with Crippen molar-refractivity contribution in [2.24, 2.45) is 0 Å². The minimum atomic E-state index is -0.634. The van der Waals surface area contributed by atoms with Crippen LogP contribution in [0.2, 0.25) is 0 Å². The van der Waals surface area contributed by atoms with E-state index < -0.39 is 18.0 Å². The van der Waals surface area contributed by atoms with Crippen molar-refractivity contribution in [3.8, 4) is 5.75 Å². The van der Waals surface area contributed by atoms with Gasteiger partial charge in [-0.05, 0) is 24.6 Å². The van der Waals surface area contributed by atoms with E-state index in [4.69, 9.17) is 14.2 Å². The molecule has 0 radical (unpaired) electrons. The fourth-order valence-electron chi connectivity index (χ4n) is 3.13. The molecule has 0 spiro atoms. The van der Waals surface area contributed by atoms with Gasteiger partial charge >= 0.3 is 12.0 Å². The molecular weight excluding hydrogens is 366 g/mol. The number of allylic oxidation sites excluding steroid dienone is 1. The summed E-state index contributed by atoms with van der Waals surface area (Å²) < 4.78 is 15.6. The number of methoxy groups -OCH3 is 1. The van der Waals surface area contributed by atoms with Gasteiger partial charge in [0.1, 0.15) is 5.75 Å². The van der Waals surface area contributed by atoms with Gasteiger partial charge in [0.15, 0.2) is 6.61 Å². The Hall–Kier alpha value is -3.07. The van der Waals surface area contributed by atoms with E-state index in [1.165, 1.54) is 7.11 Å². The highest BCUT2D eigenvalue weighted by atomic mass is 16.5. The highest BCUT2D eigenvalue weighted by Gasteiger charge is 2.31. The summed E-state index contributed by atoms with van der Waals surface area (Å²) in [6.07, 6.45) is 0. The van der Waals surface area contributed by atoms with Gasteiger partial charge in [-0.25, -0.2) is 9.59 Å². The van der Waals surface area contributed by atoms with Gasteiger partial charge in [0.25, 0.3) is 5.91 Å². The molecule has 1 saturated heterocycles. The normalized spacial score (nSPS) is 19.6. The van der Waals surface area contributed by atoms with E-state index >= 15 is 0 Å². The van der Waals surface area contributed by atoms with E-state index in [9.17, 15) is 14.4 Å². The molecular formula is C19H23N3O6. The maximum Gasteiger partial charge on any atom is 0.337 e. The van der Waals surface area contributed by atoms with Crippen LogP contribution in [0.3, 0.4) is 0 Å². The zero-order chi connectivity index (χ0) is 20.1. The number of nitrogens with zero attached hydrogens (tertiary/aromatic N) is 1. The fraction of sp³-hybridized carbons (Fsp3) is 0.421. The van der Waals surface area contributed by atoms with Gasteiger partial charge in [-0.1, -0.05) is 12.1 Å². The Bertz CT molecular complexity index is 783. The number of amides is 3. The molecule has 1 aromatic rings. The number of esters is 1. The Morgan fingerprint density at radius 3 is 2.54 bits per heavy atom. The zero-order valence-corrected chi connectivity index (χ0v) is 15.8. The van der Waals surface area contributed by atoms with E-state index in [1.807, 2.05) is 0 Å². The largest absolute Gasteiger partial charge is 0.484 e. The molecule has 0 unspecified atom stereocenters. The average Bonchev–Trinajstić information content (AvgIpc) is 2.72. The van der Waals surface area contributed by atoms with Crippen molar-refractivity contribution in [1.82, 2.24) is 15.5 Å². The van der Waals surface area contributed by atoms with Gasteiger partial charge in [0.2, 0.25) is 0 Å². The van der Waals surface area contributed by atoms with Crippen LogP contribution in [0.25, 0.3) is 0 Å². The molecule has 0 aromatic heterocycles. The van der Waals surface area contributed by atoms with Crippen molar-refractivity contribution < 1.29 is 28.6 Å². The Balaban J connectivity index is 1.67. The first-order valence-electron chi connectivity index (χ1n) is 8.94. The van der Waals surface area contributed by atoms with Crippen LogP contribution < -0.4 is 15.4 Å². The number of hydrogen-bond donors (Lipinski definition) is 2. The minimum Gasteiger partial charge on any atom is -0.484 e. The third kappa shape index (κ3) is 4.42. The standard InChI is InChI=1S/C19H23N3O6/c1-12-16(18(24)26-2)17(21-19(25)20-12)13-3-5-14(6-4-13)28-11-15(23)22-7-9-27-10-8-22/h3-6,17H,7-11H2,1-2H3,(H2,20,21,25)/t17-/m0/s1. The number of benzene rings is 1. The molecule has 1 fully saturated rings. The van der Waals surface area contributed by atoms with Crippen LogP contribution in [0, 0.1) is 0 Å². The second-order valence-electron chi connectivity index (χ2n) is 6.41. The van der Waals surface area contributed by atoms with Gasteiger partial charge in [0.05, 0.1) is 31.9 Å². The lowest BCUT2D eigenvalue weighted by molar-refractivity contribution is -0.137. The number of hydrogen-bond acceptors (Lipinski definition) is 6. The first-order chi connectivity index (χ1) is 13.5. The van der Waals surface area contributed by atoms with Gasteiger partial charge in [-0.2, -0.15) is 0 Å². The predicted molar refractivity (Wildman–Crippen MR) is 98.5 cm³/mol. The van der Waals surface area contributed by atoms with Crippen LogP contribution in [0.15, 0.2) is 35.5 Å². The lowest BCUT2D eigenvalue weighted by Gasteiger charge is -2.28. The molecule has 2 aliphatic heterocycles. The summed E-state index contributed by atoms with van der Waals surface area (Å²) in [5.74, 6) is -0.0955. The Morgan fingerprint density at radius 1 is 1.21 bits per heavy atom. The van der Waals surface area contributed by atoms with Crippen molar-refractivity contribution >= 4 is 17.9 Å². The van der Waals surface area contributed by atoms with Crippen molar-refractivity contribution in [3.63, 3.8) is 0 Å². The number of rotatable bonds is 5. The molecule has 28 heavy (non-hydrogen) atoms. The van der Waals surface area contributed by atoms with E-state index in [0.29, 0.717) is 48.9 Å². The molecule has 0 bridgehead atoms. The third-order valence-corrected chi connectivity index (χ3v) is 4.61. The van der Waals surface area contributed by atoms with Crippen molar-refractivity contribution in [2.75, 3.05) is 40.0 Å². The summed E-state index contributed by atoms with van der Waals surface area (Å²) in [6, 6.07) is 5.83. The van der Waals surface area contributed by atoms with Crippen LogP contribution in [-0.2, 0) is 19.1 Å². The molecule has 3 amide bonds. The predicted octanol–water partition coefficient (Wildman–Crippen LogP) is 0.725. The molecule has 9 heteroatoms. The monoisotopic (exact) mass is 389 g/mol. The Morgan fingerprint density at radius 2 is 1.89 bits per heavy atom. The lowest BCUT2D eigenvalue weighted by Crippen LogP contribution is -2.45. The second kappa shape index (κ2) is 8.75. The summed E-state index contributed by atoms with van der Waals surface area (Å²) in [4.78, 5) is 37.8. The third-order valence-electron chi connectivity index (χ3n) is 4.61. The molecule has 150 valence electrons. The van der Waals surface area contributed by atoms with Crippen molar-refractivity contribution in [3.05, 3.63) is 41.1 Å². The number of nitrogens with one attached hydrogen (secondary N) is 2. The summed E-state index contributed by atoms with van der Waals surface area (Å²) in [5, 5.41) is 5.29. The summed E-state index contributed by atoms with van der Waals surface area (Å²) in [5.41, 5.74) is 1.47. The molecule has 2 heterocycles. The van der Waals surface area contributed by atoms with E-state index in [2.05, 4.69) is 10.6 Å². The van der Waals surface area contributed by atoms with E-state index in [-0.39, 0.29) is 12.5 Å². The summed E-state index contributed by atoms with van der Waals surface area (Å²) in [6.45, 7) is 3.80. The number of carbonyl (C=O) groups excluding carboxylic acids is 3. The Kier molecular flexibility index (Phi) is 6.15. The highest BCUT2D eigenvalue weighted by Crippen LogP contribution is 2.28. The molecule has 1 aromatic carbocycles. The topological polar surface area (TPSA) is 106 Å². The quantitative estimate of drug-likeness (QED) is 0.719. The molecule has 9 nitrogen and oxygen atoms in total. The van der Waals surface area contributed by atoms with Crippen molar-refractivity contribution in [1.29, 1.82) is 0 Å². The van der Waals surface area contributed by atoms with Crippen molar-refractivity contribution in [2.45, 2.75) is 13.0 Å². The average molecular weight is 389 g/mol. The van der Waals surface area contributed by atoms with Crippen LogP contribution in [0.5, 0.6) is 5.75 Å². The summed E-state index contributed by atoms with van der Waals surface area (Å²) in [7, 11) is 1.29. The van der Waals surface area contributed by atoms with Crippen LogP contribution >= 0.6 is 0 Å². The van der Waals surface area contributed by atoms with E-state index in [1.54, 1.807) is 36.1 Å². The van der Waals surface area contributed by atoms with Crippen LogP contribution in [0.1, 0.15) is 18.5 Å². The molecule has 2 aliphatic rings. The van der Waals surface area contributed by atoms with Gasteiger partial charge in [-0.3, -0.25) is 4.79 Å². The molecule has 3 rings (SSSR count). The first-order valence-corrected chi connectivity index (χ1v) is 8.94. The van der Waals surface area contributed by atoms with Gasteiger partial charge in [-0.15, -0.1) is 0 Å². The first kappa shape index (κ1) is 19.7. The molecule has 0 saturated carbocycles. The zero-order valence-electron chi connectivity index (χ0n) is 15.8. The van der Waals surface area contributed by atoms with Gasteiger partial charge in [0, 0.05) is 18.8 Å². The maximum atomic E-state index is 12.1. The molecule has 1 atom stereocenters. The number of urea groups is 1. The second-order valence-corrected chi connectivity index (χ2v) is 6.41. The van der Waals surface area contributed by atoms with Crippen LogP contribution in [-0.4, -0.2) is 62.8 Å². The summed E-state index contributed by atoms with van der Waals surface area (Å²) >= 11 is 0. The Labute approximate surface area is 162 Å².